The Bertz CT molecular complexity index is 213. The Hall–Kier alpha value is 0.400. The molecule has 3 heteroatoms. The second-order valence-electron chi connectivity index (χ2n) is 6.20. The molecule has 0 aromatic carbocycles. The van der Waals surface area contributed by atoms with Crippen molar-refractivity contribution in [1.29, 1.82) is 0 Å². The number of likely N-dealkylation sites (tertiary alicyclic amines) is 1. The molecule has 0 aliphatic carbocycles. The summed E-state index contributed by atoms with van der Waals surface area (Å²) >= 11 is 3.67. The van der Waals surface area contributed by atoms with Crippen molar-refractivity contribution in [3.8, 4) is 0 Å². The highest BCUT2D eigenvalue weighted by Gasteiger charge is 2.28. The normalized spacial score (nSPS) is 24.9. The Labute approximate surface area is 115 Å². The molecule has 102 valence electrons. The molecule has 0 bridgehead atoms. The molecule has 17 heavy (non-hydrogen) atoms. The highest BCUT2D eigenvalue weighted by molar-refractivity contribution is 9.09. The van der Waals surface area contributed by atoms with Crippen LogP contribution in [-0.4, -0.2) is 42.6 Å². The summed E-state index contributed by atoms with van der Waals surface area (Å²) in [5, 5.41) is 1.09. The zero-order valence-corrected chi connectivity index (χ0v) is 13.4. The number of hydrogen-bond donors (Lipinski definition) is 0. The van der Waals surface area contributed by atoms with Crippen LogP contribution in [0.1, 0.15) is 40.5 Å². The van der Waals surface area contributed by atoms with Crippen LogP contribution in [0.15, 0.2) is 0 Å². The molecule has 2 nitrogen and oxygen atoms in total. The summed E-state index contributed by atoms with van der Waals surface area (Å²) in [7, 11) is 0. The van der Waals surface area contributed by atoms with Gasteiger partial charge in [-0.3, -0.25) is 0 Å². The zero-order valence-electron chi connectivity index (χ0n) is 11.8. The maximum Gasteiger partial charge on any atom is 0.0702 e. The number of nitrogens with zero attached hydrogens (tertiary/aromatic N) is 1. The topological polar surface area (TPSA) is 12.5 Å². The molecule has 1 rings (SSSR count). The van der Waals surface area contributed by atoms with Gasteiger partial charge in [0.25, 0.3) is 0 Å². The summed E-state index contributed by atoms with van der Waals surface area (Å²) in [6.45, 7) is 13.5. The smallest absolute Gasteiger partial charge is 0.0702 e. The molecule has 1 fully saturated rings. The number of alkyl halides is 1. The second-order valence-corrected chi connectivity index (χ2v) is 6.84. The van der Waals surface area contributed by atoms with Crippen molar-refractivity contribution < 1.29 is 4.74 Å². The zero-order chi connectivity index (χ0) is 12.9. The van der Waals surface area contributed by atoms with Crippen LogP contribution in [0.3, 0.4) is 0 Å². The number of hydrogen-bond acceptors (Lipinski definition) is 2. The Morgan fingerprint density at radius 2 is 2.12 bits per heavy atom. The van der Waals surface area contributed by atoms with Crippen molar-refractivity contribution in [2.45, 2.75) is 46.6 Å². The Morgan fingerprint density at radius 1 is 1.41 bits per heavy atom. The minimum absolute atomic E-state index is 0.377. The van der Waals surface area contributed by atoms with Crippen molar-refractivity contribution in [2.24, 2.45) is 11.3 Å². The van der Waals surface area contributed by atoms with Gasteiger partial charge in [0.05, 0.1) is 6.10 Å². The lowest BCUT2D eigenvalue weighted by Gasteiger charge is -2.38. The van der Waals surface area contributed by atoms with E-state index in [4.69, 9.17) is 4.74 Å². The van der Waals surface area contributed by atoms with Crippen LogP contribution < -0.4 is 0 Å². The Kier molecular flexibility index (Phi) is 6.46. The molecule has 0 aromatic rings. The summed E-state index contributed by atoms with van der Waals surface area (Å²) in [6.07, 6.45) is 2.98. The first kappa shape index (κ1) is 15.5. The molecule has 0 aromatic heterocycles. The van der Waals surface area contributed by atoms with Crippen molar-refractivity contribution in [3.63, 3.8) is 0 Å². The summed E-state index contributed by atoms with van der Waals surface area (Å²) in [5.74, 6) is 0.711. The van der Waals surface area contributed by atoms with Crippen LogP contribution >= 0.6 is 15.9 Å². The van der Waals surface area contributed by atoms with E-state index in [0.29, 0.717) is 17.4 Å². The van der Waals surface area contributed by atoms with Crippen LogP contribution in [0.2, 0.25) is 0 Å². The third-order valence-electron chi connectivity index (χ3n) is 3.75. The molecule has 0 saturated carbocycles. The van der Waals surface area contributed by atoms with Crippen LogP contribution in [-0.2, 0) is 4.74 Å². The monoisotopic (exact) mass is 305 g/mol. The molecule has 0 radical (unpaired) electrons. The largest absolute Gasteiger partial charge is 0.377 e. The average Bonchev–Trinajstić information content (AvgIpc) is 2.25. The molecule has 1 aliphatic heterocycles. The van der Waals surface area contributed by atoms with E-state index in [0.717, 1.165) is 18.5 Å². The fourth-order valence-corrected chi connectivity index (χ4v) is 3.59. The van der Waals surface area contributed by atoms with E-state index in [1.165, 1.54) is 25.9 Å². The van der Waals surface area contributed by atoms with E-state index in [9.17, 15) is 0 Å². The maximum atomic E-state index is 5.76. The van der Waals surface area contributed by atoms with Crippen molar-refractivity contribution in [2.75, 3.05) is 31.6 Å². The van der Waals surface area contributed by atoms with Gasteiger partial charge < -0.3 is 9.64 Å². The first-order valence-corrected chi connectivity index (χ1v) is 7.99. The molecule has 0 amide bonds. The summed E-state index contributed by atoms with van der Waals surface area (Å²) < 4.78 is 5.76. The predicted octanol–water partition coefficient (Wildman–Crippen LogP) is 3.54. The number of halogens is 1. The van der Waals surface area contributed by atoms with E-state index in [2.05, 4.69) is 48.5 Å². The van der Waals surface area contributed by atoms with Crippen LogP contribution in [0.5, 0.6) is 0 Å². The van der Waals surface area contributed by atoms with Crippen molar-refractivity contribution >= 4 is 15.9 Å². The van der Waals surface area contributed by atoms with Crippen molar-refractivity contribution in [3.05, 3.63) is 0 Å². The lowest BCUT2D eigenvalue weighted by molar-refractivity contribution is -0.00213. The van der Waals surface area contributed by atoms with E-state index >= 15 is 0 Å². The lowest BCUT2D eigenvalue weighted by Crippen LogP contribution is -2.44. The molecule has 0 N–H and O–H groups in total. The fourth-order valence-electron chi connectivity index (χ4n) is 2.42. The third-order valence-corrected chi connectivity index (χ3v) is 4.54. The third kappa shape index (κ3) is 5.27. The summed E-state index contributed by atoms with van der Waals surface area (Å²) in [6, 6.07) is 0. The van der Waals surface area contributed by atoms with Gasteiger partial charge in [-0.1, -0.05) is 36.7 Å². The summed E-state index contributed by atoms with van der Waals surface area (Å²) in [5.41, 5.74) is 0.377. The Balaban J connectivity index is 2.44. The van der Waals surface area contributed by atoms with E-state index in [1.54, 1.807) is 0 Å². The fraction of sp³-hybridized carbons (Fsp3) is 1.00. The molecule has 1 saturated heterocycles. The minimum atomic E-state index is 0.377. The molecular formula is C14H28BrNO. The molecular weight excluding hydrogens is 278 g/mol. The van der Waals surface area contributed by atoms with Gasteiger partial charge in [0.15, 0.2) is 0 Å². The van der Waals surface area contributed by atoms with Gasteiger partial charge >= 0.3 is 0 Å². The van der Waals surface area contributed by atoms with Crippen LogP contribution in [0.4, 0.5) is 0 Å². The van der Waals surface area contributed by atoms with Crippen LogP contribution in [0, 0.1) is 11.3 Å². The second kappa shape index (κ2) is 7.10. The SMILES string of the molecule is CCOC1CCCN(CC(CBr)C(C)(C)C)C1. The molecule has 0 spiro atoms. The maximum absolute atomic E-state index is 5.76. The van der Waals surface area contributed by atoms with Gasteiger partial charge in [-0.25, -0.2) is 0 Å². The van der Waals surface area contributed by atoms with Gasteiger partial charge in [0.2, 0.25) is 0 Å². The summed E-state index contributed by atoms with van der Waals surface area (Å²) in [4.78, 5) is 2.58. The average molecular weight is 306 g/mol. The van der Waals surface area contributed by atoms with Gasteiger partial charge in [0.1, 0.15) is 0 Å². The minimum Gasteiger partial charge on any atom is -0.377 e. The van der Waals surface area contributed by atoms with Gasteiger partial charge in [-0.15, -0.1) is 0 Å². The van der Waals surface area contributed by atoms with Crippen LogP contribution in [0.25, 0.3) is 0 Å². The quantitative estimate of drug-likeness (QED) is 0.720. The van der Waals surface area contributed by atoms with E-state index in [1.807, 2.05) is 0 Å². The van der Waals surface area contributed by atoms with Gasteiger partial charge in [0, 0.05) is 25.0 Å². The molecule has 1 heterocycles. The first-order chi connectivity index (χ1) is 7.97. The predicted molar refractivity (Wildman–Crippen MR) is 77.8 cm³/mol. The molecule has 2 atom stereocenters. The highest BCUT2D eigenvalue weighted by atomic mass is 79.9. The molecule has 2 unspecified atom stereocenters. The van der Waals surface area contributed by atoms with Gasteiger partial charge in [-0.05, 0) is 37.6 Å². The highest BCUT2D eigenvalue weighted by Crippen LogP contribution is 2.29. The first-order valence-electron chi connectivity index (χ1n) is 6.87. The van der Waals surface area contributed by atoms with E-state index in [-0.39, 0.29) is 0 Å². The van der Waals surface area contributed by atoms with Crippen molar-refractivity contribution in [1.82, 2.24) is 4.90 Å². The Morgan fingerprint density at radius 3 is 2.65 bits per heavy atom. The number of ether oxygens (including phenoxy) is 1. The standard InChI is InChI=1S/C14H28BrNO/c1-5-17-13-7-6-8-16(11-13)10-12(9-15)14(2,3)4/h12-13H,5-11H2,1-4H3. The number of rotatable bonds is 5. The number of piperidine rings is 1. The molecule has 1 aliphatic rings. The van der Waals surface area contributed by atoms with Gasteiger partial charge in [-0.2, -0.15) is 0 Å². The van der Waals surface area contributed by atoms with E-state index < -0.39 is 0 Å². The lowest BCUT2D eigenvalue weighted by atomic mass is 9.81.